The quantitative estimate of drug-likeness (QED) is 0.892. The van der Waals surface area contributed by atoms with E-state index in [1.54, 1.807) is 26.2 Å². The fourth-order valence-corrected chi connectivity index (χ4v) is 2.30. The number of carbonyl (C=O) groups excluding carboxylic acids is 1. The number of aryl methyl sites for hydroxylation is 1. The van der Waals surface area contributed by atoms with E-state index in [0.717, 1.165) is 17.7 Å². The minimum Gasteiger partial charge on any atom is -0.493 e. The van der Waals surface area contributed by atoms with Crippen LogP contribution in [0, 0.1) is 0 Å². The van der Waals surface area contributed by atoms with Crippen LogP contribution in [0.5, 0.6) is 11.5 Å². The Morgan fingerprint density at radius 1 is 1.14 bits per heavy atom. The first-order valence-electron chi connectivity index (χ1n) is 7.23. The van der Waals surface area contributed by atoms with E-state index in [4.69, 9.17) is 9.47 Å². The van der Waals surface area contributed by atoms with Gasteiger partial charge in [-0.15, -0.1) is 0 Å². The minimum atomic E-state index is -0.0329. The molecule has 5 nitrogen and oxygen atoms in total. The highest BCUT2D eigenvalue weighted by molar-refractivity contribution is 5.92. The lowest BCUT2D eigenvalue weighted by Gasteiger charge is -2.17. The van der Waals surface area contributed by atoms with Gasteiger partial charge in [0.1, 0.15) is 5.69 Å². The van der Waals surface area contributed by atoms with Crippen molar-refractivity contribution in [1.82, 2.24) is 9.88 Å². The van der Waals surface area contributed by atoms with Crippen molar-refractivity contribution in [2.75, 3.05) is 21.3 Å². The molecule has 0 aliphatic carbocycles. The molecule has 5 heteroatoms. The van der Waals surface area contributed by atoms with Gasteiger partial charge in [-0.2, -0.15) is 0 Å². The second-order valence-electron chi connectivity index (χ2n) is 5.10. The molecule has 2 aromatic rings. The third-order valence-electron chi connectivity index (χ3n) is 3.57. The van der Waals surface area contributed by atoms with Crippen molar-refractivity contribution in [3.05, 3.63) is 47.3 Å². The number of nitrogens with one attached hydrogen (secondary N) is 1. The number of ether oxygens (including phenoxy) is 2. The number of H-pyrrole nitrogens is 1. The highest BCUT2D eigenvalue weighted by Gasteiger charge is 2.14. The molecular weight excluding hydrogens is 280 g/mol. The van der Waals surface area contributed by atoms with Gasteiger partial charge in [-0.3, -0.25) is 4.79 Å². The molecule has 0 atom stereocenters. The van der Waals surface area contributed by atoms with Crippen molar-refractivity contribution in [3.8, 4) is 11.5 Å². The number of aromatic amines is 1. The topological polar surface area (TPSA) is 54.6 Å². The van der Waals surface area contributed by atoms with Crippen molar-refractivity contribution in [1.29, 1.82) is 0 Å². The molecule has 0 fully saturated rings. The summed E-state index contributed by atoms with van der Waals surface area (Å²) in [5.74, 6) is 1.31. The van der Waals surface area contributed by atoms with Crippen LogP contribution in [-0.4, -0.2) is 37.1 Å². The summed E-state index contributed by atoms with van der Waals surface area (Å²) in [6, 6.07) is 9.42. The predicted molar refractivity (Wildman–Crippen MR) is 85.5 cm³/mol. The molecule has 118 valence electrons. The SMILES string of the molecule is CCc1ccc(C(=O)N(C)Cc2ccc(OC)c(OC)c2)[nH]1. The van der Waals surface area contributed by atoms with Gasteiger partial charge in [0, 0.05) is 19.3 Å². The van der Waals surface area contributed by atoms with Gasteiger partial charge in [-0.05, 0) is 36.2 Å². The van der Waals surface area contributed by atoms with Crippen LogP contribution in [0.4, 0.5) is 0 Å². The smallest absolute Gasteiger partial charge is 0.270 e. The number of aromatic nitrogens is 1. The van der Waals surface area contributed by atoms with E-state index in [1.807, 2.05) is 37.3 Å². The number of carbonyl (C=O) groups is 1. The van der Waals surface area contributed by atoms with Crippen LogP contribution in [0.1, 0.15) is 28.7 Å². The van der Waals surface area contributed by atoms with Crippen molar-refractivity contribution < 1.29 is 14.3 Å². The molecule has 2 rings (SSSR count). The summed E-state index contributed by atoms with van der Waals surface area (Å²) >= 11 is 0. The summed E-state index contributed by atoms with van der Waals surface area (Å²) in [4.78, 5) is 17.2. The van der Waals surface area contributed by atoms with Crippen LogP contribution in [0.2, 0.25) is 0 Å². The molecule has 0 saturated heterocycles. The van der Waals surface area contributed by atoms with Crippen molar-refractivity contribution in [2.45, 2.75) is 19.9 Å². The third-order valence-corrected chi connectivity index (χ3v) is 3.57. The molecule has 1 amide bonds. The molecule has 1 aromatic carbocycles. The number of nitrogens with zero attached hydrogens (tertiary/aromatic N) is 1. The molecule has 0 radical (unpaired) electrons. The molecule has 0 bridgehead atoms. The maximum atomic E-state index is 12.4. The second kappa shape index (κ2) is 7.02. The number of benzene rings is 1. The maximum Gasteiger partial charge on any atom is 0.270 e. The first-order chi connectivity index (χ1) is 10.6. The van der Waals surface area contributed by atoms with Crippen molar-refractivity contribution >= 4 is 5.91 Å². The highest BCUT2D eigenvalue weighted by Crippen LogP contribution is 2.28. The van der Waals surface area contributed by atoms with Crippen molar-refractivity contribution in [2.24, 2.45) is 0 Å². The normalized spacial score (nSPS) is 10.4. The fourth-order valence-electron chi connectivity index (χ4n) is 2.30. The van der Waals surface area contributed by atoms with E-state index >= 15 is 0 Å². The molecule has 1 aromatic heterocycles. The number of amides is 1. The Hall–Kier alpha value is -2.43. The Labute approximate surface area is 130 Å². The molecule has 22 heavy (non-hydrogen) atoms. The Morgan fingerprint density at radius 2 is 1.86 bits per heavy atom. The number of methoxy groups -OCH3 is 2. The lowest BCUT2D eigenvalue weighted by molar-refractivity contribution is 0.0779. The summed E-state index contributed by atoms with van der Waals surface area (Å²) < 4.78 is 10.5. The molecular formula is C17H22N2O3. The number of hydrogen-bond donors (Lipinski definition) is 1. The summed E-state index contributed by atoms with van der Waals surface area (Å²) in [6.45, 7) is 2.55. The summed E-state index contributed by atoms with van der Waals surface area (Å²) in [5, 5.41) is 0. The van der Waals surface area contributed by atoms with Gasteiger partial charge < -0.3 is 19.4 Å². The Kier molecular flexibility index (Phi) is 5.09. The van der Waals surface area contributed by atoms with Gasteiger partial charge in [0.2, 0.25) is 0 Å². The van der Waals surface area contributed by atoms with Gasteiger partial charge in [0.15, 0.2) is 11.5 Å². The first kappa shape index (κ1) is 15.9. The lowest BCUT2D eigenvalue weighted by atomic mass is 10.2. The largest absolute Gasteiger partial charge is 0.493 e. The number of hydrogen-bond acceptors (Lipinski definition) is 3. The third kappa shape index (κ3) is 3.42. The molecule has 0 spiro atoms. The molecule has 1 heterocycles. The molecule has 1 N–H and O–H groups in total. The highest BCUT2D eigenvalue weighted by atomic mass is 16.5. The standard InChI is InChI=1S/C17H22N2O3/c1-5-13-7-8-14(18-13)17(20)19(2)11-12-6-9-15(21-3)16(10-12)22-4/h6-10,18H,5,11H2,1-4H3. The maximum absolute atomic E-state index is 12.4. The zero-order valence-corrected chi connectivity index (χ0v) is 13.5. The minimum absolute atomic E-state index is 0.0329. The van der Waals surface area contributed by atoms with E-state index in [1.165, 1.54) is 0 Å². The summed E-state index contributed by atoms with van der Waals surface area (Å²) in [5.41, 5.74) is 2.65. The van der Waals surface area contributed by atoms with Crippen LogP contribution in [0.3, 0.4) is 0 Å². The second-order valence-corrected chi connectivity index (χ2v) is 5.10. The Bertz CT molecular complexity index is 649. The first-order valence-corrected chi connectivity index (χ1v) is 7.23. The van der Waals surface area contributed by atoms with Gasteiger partial charge in [0.25, 0.3) is 5.91 Å². The van der Waals surface area contributed by atoms with Crippen LogP contribution in [0.15, 0.2) is 30.3 Å². The van der Waals surface area contributed by atoms with E-state index in [9.17, 15) is 4.79 Å². The average molecular weight is 302 g/mol. The Balaban J connectivity index is 2.10. The monoisotopic (exact) mass is 302 g/mol. The van der Waals surface area contributed by atoms with E-state index in [2.05, 4.69) is 4.98 Å². The van der Waals surface area contributed by atoms with Crippen LogP contribution < -0.4 is 9.47 Å². The summed E-state index contributed by atoms with van der Waals surface area (Å²) in [7, 11) is 4.98. The zero-order valence-electron chi connectivity index (χ0n) is 13.5. The van der Waals surface area contributed by atoms with Crippen LogP contribution >= 0.6 is 0 Å². The fraction of sp³-hybridized carbons (Fsp3) is 0.353. The number of rotatable bonds is 6. The Morgan fingerprint density at radius 3 is 2.45 bits per heavy atom. The van der Waals surface area contributed by atoms with Gasteiger partial charge >= 0.3 is 0 Å². The van der Waals surface area contributed by atoms with E-state index in [0.29, 0.717) is 23.7 Å². The van der Waals surface area contributed by atoms with Crippen LogP contribution in [0.25, 0.3) is 0 Å². The van der Waals surface area contributed by atoms with Crippen molar-refractivity contribution in [3.63, 3.8) is 0 Å². The molecule has 0 aliphatic rings. The summed E-state index contributed by atoms with van der Waals surface area (Å²) in [6.07, 6.45) is 0.882. The van der Waals surface area contributed by atoms with Crippen LogP contribution in [-0.2, 0) is 13.0 Å². The van der Waals surface area contributed by atoms with Gasteiger partial charge in [0.05, 0.1) is 14.2 Å². The zero-order chi connectivity index (χ0) is 16.1. The molecule has 0 aliphatic heterocycles. The molecule has 0 unspecified atom stereocenters. The predicted octanol–water partition coefficient (Wildman–Crippen LogP) is 2.87. The lowest BCUT2D eigenvalue weighted by Crippen LogP contribution is -2.26. The average Bonchev–Trinajstić information content (AvgIpc) is 3.02. The van der Waals surface area contributed by atoms with Gasteiger partial charge in [-0.1, -0.05) is 13.0 Å². The van der Waals surface area contributed by atoms with Gasteiger partial charge in [-0.25, -0.2) is 0 Å². The molecule has 0 saturated carbocycles. The van der Waals surface area contributed by atoms with E-state index < -0.39 is 0 Å². The van der Waals surface area contributed by atoms with E-state index in [-0.39, 0.29) is 5.91 Å².